The molecule has 0 saturated carbocycles. The van der Waals surface area contributed by atoms with E-state index in [2.05, 4.69) is 13.8 Å². The van der Waals surface area contributed by atoms with Gasteiger partial charge in [-0.1, -0.05) is 32.0 Å². The zero-order valence-electron chi connectivity index (χ0n) is 11.0. The number of rotatable bonds is 2. The second-order valence-corrected chi connectivity index (χ2v) is 5.39. The van der Waals surface area contributed by atoms with Crippen LogP contribution in [0.5, 0.6) is 11.5 Å². The van der Waals surface area contributed by atoms with Crippen LogP contribution in [0.15, 0.2) is 24.3 Å². The van der Waals surface area contributed by atoms with Crippen molar-refractivity contribution in [3.05, 3.63) is 35.4 Å². The van der Waals surface area contributed by atoms with Gasteiger partial charge in [0.2, 0.25) is 0 Å². The lowest BCUT2D eigenvalue weighted by atomic mass is 9.83. The normalized spacial score (nSPS) is 12.0. The molecule has 2 aromatic rings. The van der Waals surface area contributed by atoms with E-state index in [9.17, 15) is 10.2 Å². The summed E-state index contributed by atoms with van der Waals surface area (Å²) in [5.74, 6) is -0.129. The molecular weight excluding hydrogens is 226 g/mol. The molecular formula is C15H19NO2. The molecule has 0 bridgehead atoms. The molecule has 0 aliphatic rings. The van der Waals surface area contributed by atoms with Gasteiger partial charge >= 0.3 is 0 Å². The van der Waals surface area contributed by atoms with Crippen LogP contribution in [0.1, 0.15) is 25.0 Å². The molecule has 0 saturated heterocycles. The predicted molar refractivity (Wildman–Crippen MR) is 74.1 cm³/mol. The Morgan fingerprint density at radius 1 is 1.17 bits per heavy atom. The van der Waals surface area contributed by atoms with Crippen molar-refractivity contribution in [1.82, 2.24) is 0 Å². The van der Waals surface area contributed by atoms with Gasteiger partial charge in [0.25, 0.3) is 0 Å². The minimum absolute atomic E-state index is 0.0507. The quantitative estimate of drug-likeness (QED) is 0.713. The lowest BCUT2D eigenvalue weighted by molar-refractivity contribution is 0.402. The Bertz CT molecular complexity index is 603. The maximum Gasteiger partial charge on any atom is 0.161 e. The van der Waals surface area contributed by atoms with Crippen molar-refractivity contribution in [2.75, 3.05) is 6.54 Å². The zero-order valence-corrected chi connectivity index (χ0v) is 11.0. The highest BCUT2D eigenvalue weighted by molar-refractivity contribution is 5.90. The van der Waals surface area contributed by atoms with Gasteiger partial charge in [-0.3, -0.25) is 0 Å². The predicted octanol–water partition coefficient (Wildman–Crippen LogP) is 2.80. The number of phenols is 2. The monoisotopic (exact) mass is 245 g/mol. The first-order valence-electron chi connectivity index (χ1n) is 6.02. The van der Waals surface area contributed by atoms with E-state index in [1.165, 1.54) is 0 Å². The Morgan fingerprint density at radius 2 is 1.83 bits per heavy atom. The van der Waals surface area contributed by atoms with Crippen molar-refractivity contribution in [2.24, 2.45) is 5.73 Å². The summed E-state index contributed by atoms with van der Waals surface area (Å²) in [5, 5.41) is 21.2. The summed E-state index contributed by atoms with van der Waals surface area (Å²) in [6.45, 7) is 6.53. The van der Waals surface area contributed by atoms with E-state index < -0.39 is 0 Å². The molecule has 0 aliphatic heterocycles. The van der Waals surface area contributed by atoms with E-state index >= 15 is 0 Å². The fourth-order valence-electron chi connectivity index (χ4n) is 2.08. The van der Waals surface area contributed by atoms with Crippen LogP contribution < -0.4 is 5.73 Å². The molecule has 3 nitrogen and oxygen atoms in total. The van der Waals surface area contributed by atoms with E-state index in [4.69, 9.17) is 5.73 Å². The molecule has 2 aromatic carbocycles. The summed E-state index contributed by atoms with van der Waals surface area (Å²) in [6, 6.07) is 7.59. The number of hydrogen-bond acceptors (Lipinski definition) is 3. The Hall–Kier alpha value is -1.74. The van der Waals surface area contributed by atoms with Gasteiger partial charge in [-0.15, -0.1) is 0 Å². The average molecular weight is 245 g/mol. The summed E-state index contributed by atoms with van der Waals surface area (Å²) in [7, 11) is 0. The van der Waals surface area contributed by atoms with Crippen LogP contribution in [0.3, 0.4) is 0 Å². The lowest BCUT2D eigenvalue weighted by Crippen LogP contribution is -2.27. The maximum absolute atomic E-state index is 9.78. The third kappa shape index (κ3) is 1.91. The Labute approximate surface area is 107 Å². The van der Waals surface area contributed by atoms with Crippen molar-refractivity contribution in [2.45, 2.75) is 26.2 Å². The summed E-state index contributed by atoms with van der Waals surface area (Å²) >= 11 is 0. The third-order valence-corrected chi connectivity index (χ3v) is 3.64. The number of phenolic OH excluding ortho intramolecular Hbond substituents is 2. The van der Waals surface area contributed by atoms with Crippen molar-refractivity contribution in [3.63, 3.8) is 0 Å². The minimum Gasteiger partial charge on any atom is -0.504 e. The molecule has 0 radical (unpaired) electrons. The van der Waals surface area contributed by atoms with E-state index in [0.717, 1.165) is 16.3 Å². The third-order valence-electron chi connectivity index (χ3n) is 3.64. The Balaban J connectivity index is 2.72. The van der Waals surface area contributed by atoms with Crippen molar-refractivity contribution >= 4 is 10.8 Å². The first kappa shape index (κ1) is 12.7. The van der Waals surface area contributed by atoms with Gasteiger partial charge < -0.3 is 15.9 Å². The summed E-state index contributed by atoms with van der Waals surface area (Å²) in [6.07, 6.45) is 0. The largest absolute Gasteiger partial charge is 0.504 e. The summed E-state index contributed by atoms with van der Waals surface area (Å²) in [5.41, 5.74) is 7.51. The van der Waals surface area contributed by atoms with Gasteiger partial charge in [0, 0.05) is 17.5 Å². The van der Waals surface area contributed by atoms with Crippen molar-refractivity contribution < 1.29 is 10.2 Å². The molecule has 18 heavy (non-hydrogen) atoms. The van der Waals surface area contributed by atoms with Crippen molar-refractivity contribution in [1.29, 1.82) is 0 Å². The molecule has 96 valence electrons. The molecule has 0 aromatic heterocycles. The van der Waals surface area contributed by atoms with Gasteiger partial charge in [-0.25, -0.2) is 0 Å². The van der Waals surface area contributed by atoms with Gasteiger partial charge in [0.15, 0.2) is 11.5 Å². The number of hydrogen-bond donors (Lipinski definition) is 3. The van der Waals surface area contributed by atoms with E-state index in [1.807, 2.05) is 18.2 Å². The fraction of sp³-hybridized carbons (Fsp3) is 0.333. The Kier molecular flexibility index (Phi) is 2.95. The van der Waals surface area contributed by atoms with Gasteiger partial charge in [-0.05, 0) is 29.3 Å². The maximum atomic E-state index is 9.78. The van der Waals surface area contributed by atoms with Crippen LogP contribution in [0.4, 0.5) is 0 Å². The highest BCUT2D eigenvalue weighted by atomic mass is 16.3. The smallest absolute Gasteiger partial charge is 0.161 e. The van der Waals surface area contributed by atoms with Crippen LogP contribution >= 0.6 is 0 Å². The zero-order chi connectivity index (χ0) is 13.5. The molecule has 0 fully saturated rings. The first-order valence-corrected chi connectivity index (χ1v) is 6.02. The Morgan fingerprint density at radius 3 is 2.44 bits per heavy atom. The summed E-state index contributed by atoms with van der Waals surface area (Å²) < 4.78 is 0. The highest BCUT2D eigenvalue weighted by Gasteiger charge is 2.19. The summed E-state index contributed by atoms with van der Waals surface area (Å²) in [4.78, 5) is 0. The highest BCUT2D eigenvalue weighted by Crippen LogP contribution is 2.36. The van der Waals surface area contributed by atoms with Gasteiger partial charge in [-0.2, -0.15) is 0 Å². The second kappa shape index (κ2) is 4.18. The van der Waals surface area contributed by atoms with E-state index in [0.29, 0.717) is 12.1 Å². The standard InChI is InChI=1S/C15H19NO2/c1-9-12-7-11(15(2,3)8-16)5-4-10(12)6-13(17)14(9)18/h4-7,17-18H,8,16H2,1-3H3. The number of fused-ring (bicyclic) bond motifs is 1. The van der Waals surface area contributed by atoms with E-state index in [-0.39, 0.29) is 16.9 Å². The fourth-order valence-corrected chi connectivity index (χ4v) is 2.08. The molecule has 3 heteroatoms. The molecule has 0 unspecified atom stereocenters. The molecule has 2 rings (SSSR count). The number of aromatic hydroxyl groups is 2. The second-order valence-electron chi connectivity index (χ2n) is 5.39. The molecule has 0 heterocycles. The molecule has 0 amide bonds. The van der Waals surface area contributed by atoms with Crippen LogP contribution in [0.2, 0.25) is 0 Å². The molecule has 4 N–H and O–H groups in total. The number of nitrogens with two attached hydrogens (primary N) is 1. The van der Waals surface area contributed by atoms with Crippen LogP contribution in [0.25, 0.3) is 10.8 Å². The molecule has 0 aliphatic carbocycles. The minimum atomic E-state index is -0.103. The molecule has 0 spiro atoms. The van der Waals surface area contributed by atoms with Crippen LogP contribution in [0, 0.1) is 6.92 Å². The lowest BCUT2D eigenvalue weighted by Gasteiger charge is -2.23. The van der Waals surface area contributed by atoms with Gasteiger partial charge in [0.1, 0.15) is 0 Å². The topological polar surface area (TPSA) is 66.5 Å². The van der Waals surface area contributed by atoms with Crippen LogP contribution in [-0.4, -0.2) is 16.8 Å². The van der Waals surface area contributed by atoms with Crippen molar-refractivity contribution in [3.8, 4) is 11.5 Å². The molecule has 0 atom stereocenters. The first-order chi connectivity index (χ1) is 8.36. The van der Waals surface area contributed by atoms with Crippen LogP contribution in [-0.2, 0) is 5.41 Å². The number of aryl methyl sites for hydroxylation is 1. The SMILES string of the molecule is Cc1c(O)c(O)cc2ccc(C(C)(C)CN)cc12. The average Bonchev–Trinajstić information content (AvgIpc) is 2.35. The van der Waals surface area contributed by atoms with E-state index in [1.54, 1.807) is 13.0 Å². The van der Waals surface area contributed by atoms with Gasteiger partial charge in [0.05, 0.1) is 0 Å². The number of benzene rings is 2.